The van der Waals surface area contributed by atoms with E-state index in [1.54, 1.807) is 18.2 Å². The van der Waals surface area contributed by atoms with Gasteiger partial charge in [-0.15, -0.1) is 0 Å². The monoisotopic (exact) mass is 295 g/mol. The highest BCUT2D eigenvalue weighted by molar-refractivity contribution is 5.92. The molecule has 0 saturated heterocycles. The van der Waals surface area contributed by atoms with Crippen LogP contribution in [0.25, 0.3) is 6.08 Å². The van der Waals surface area contributed by atoms with Gasteiger partial charge in [0.15, 0.2) is 0 Å². The summed E-state index contributed by atoms with van der Waals surface area (Å²) < 4.78 is 29.1. The van der Waals surface area contributed by atoms with Gasteiger partial charge >= 0.3 is 6.61 Å². The number of benzene rings is 1. The molecular weight excluding hydrogens is 276 g/mol. The third-order valence-corrected chi connectivity index (χ3v) is 3.29. The predicted molar refractivity (Wildman–Crippen MR) is 77.1 cm³/mol. The second kappa shape index (κ2) is 6.70. The maximum absolute atomic E-state index is 12.3. The van der Waals surface area contributed by atoms with E-state index in [2.05, 4.69) is 4.74 Å². The summed E-state index contributed by atoms with van der Waals surface area (Å²) in [7, 11) is 0. The van der Waals surface area contributed by atoms with Crippen molar-refractivity contribution in [2.45, 2.75) is 45.4 Å². The molecule has 1 aliphatic carbocycles. The lowest BCUT2D eigenvalue weighted by atomic mass is 10.2. The summed E-state index contributed by atoms with van der Waals surface area (Å²) in [4.78, 5) is 14.0. The fraction of sp³-hybridized carbons (Fsp3) is 0.438. The lowest BCUT2D eigenvalue weighted by molar-refractivity contribution is -0.128. The van der Waals surface area contributed by atoms with Crippen LogP contribution in [0, 0.1) is 0 Å². The van der Waals surface area contributed by atoms with Gasteiger partial charge in [-0.25, -0.2) is 0 Å². The van der Waals surface area contributed by atoms with Crippen molar-refractivity contribution in [3.8, 4) is 5.75 Å². The topological polar surface area (TPSA) is 29.5 Å². The number of halogens is 2. The third-order valence-electron chi connectivity index (χ3n) is 3.29. The number of carbonyl (C=O) groups excluding carboxylic acids is 1. The molecule has 2 rings (SSSR count). The molecule has 0 atom stereocenters. The number of hydrogen-bond acceptors (Lipinski definition) is 2. The highest BCUT2D eigenvalue weighted by Crippen LogP contribution is 2.29. The van der Waals surface area contributed by atoms with Crippen LogP contribution < -0.4 is 4.74 Å². The quantitative estimate of drug-likeness (QED) is 0.749. The molecule has 0 bridgehead atoms. The molecule has 3 nitrogen and oxygen atoms in total. The molecule has 0 spiro atoms. The molecule has 1 fully saturated rings. The van der Waals surface area contributed by atoms with E-state index in [9.17, 15) is 13.6 Å². The molecule has 114 valence electrons. The molecule has 0 aliphatic heterocycles. The molecule has 1 saturated carbocycles. The normalized spacial score (nSPS) is 15.0. The largest absolute Gasteiger partial charge is 0.434 e. The predicted octanol–water partition coefficient (Wildman–Crippen LogP) is 3.70. The lowest BCUT2D eigenvalue weighted by Gasteiger charge is -2.25. The first-order valence-corrected chi connectivity index (χ1v) is 7.03. The molecular formula is C16H19F2NO2. The summed E-state index contributed by atoms with van der Waals surface area (Å²) in [6.45, 7) is 1.06. The second-order valence-corrected chi connectivity index (χ2v) is 5.32. The van der Waals surface area contributed by atoms with Crippen molar-refractivity contribution in [1.82, 2.24) is 4.90 Å². The summed E-state index contributed by atoms with van der Waals surface area (Å²) in [5.41, 5.74) is 0.464. The molecule has 1 aliphatic rings. The molecule has 0 heterocycles. The molecule has 0 unspecified atom stereocenters. The first kappa shape index (κ1) is 15.5. The van der Waals surface area contributed by atoms with Crippen molar-refractivity contribution in [2.24, 2.45) is 0 Å². The first-order chi connectivity index (χ1) is 9.99. The van der Waals surface area contributed by atoms with Crippen molar-refractivity contribution < 1.29 is 18.3 Å². The molecule has 1 aromatic carbocycles. The van der Waals surface area contributed by atoms with E-state index in [0.29, 0.717) is 11.6 Å². The first-order valence-electron chi connectivity index (χ1n) is 7.03. The van der Waals surface area contributed by atoms with Crippen LogP contribution in [0.4, 0.5) is 8.78 Å². The number of rotatable bonds is 6. The van der Waals surface area contributed by atoms with E-state index < -0.39 is 6.61 Å². The van der Waals surface area contributed by atoms with Gasteiger partial charge in [0.25, 0.3) is 0 Å². The minimum atomic E-state index is -2.88. The summed E-state index contributed by atoms with van der Waals surface area (Å²) in [5.74, 6) is -0.0292. The van der Waals surface area contributed by atoms with Crippen molar-refractivity contribution in [2.75, 3.05) is 0 Å². The van der Waals surface area contributed by atoms with E-state index in [4.69, 9.17) is 0 Å². The average molecular weight is 295 g/mol. The molecule has 1 aromatic rings. The molecule has 5 heteroatoms. The van der Waals surface area contributed by atoms with Crippen LogP contribution in [0.15, 0.2) is 30.3 Å². The second-order valence-electron chi connectivity index (χ2n) is 5.32. The van der Waals surface area contributed by atoms with Gasteiger partial charge in [-0.2, -0.15) is 8.78 Å². The third kappa shape index (κ3) is 4.28. The Morgan fingerprint density at radius 2 is 2.00 bits per heavy atom. The number of alkyl halides is 2. The summed E-state index contributed by atoms with van der Waals surface area (Å²) in [5, 5.41) is 0. The Kier molecular flexibility index (Phi) is 4.94. The maximum Gasteiger partial charge on any atom is 0.387 e. The van der Waals surface area contributed by atoms with Gasteiger partial charge < -0.3 is 9.64 Å². The van der Waals surface area contributed by atoms with E-state index in [1.807, 2.05) is 18.7 Å². The number of amides is 1. The Morgan fingerprint density at radius 1 is 1.33 bits per heavy atom. The van der Waals surface area contributed by atoms with Gasteiger partial charge in [0.2, 0.25) is 5.91 Å². The number of hydrogen-bond donors (Lipinski definition) is 0. The SMILES string of the molecule is CC(C)N(C(=O)/C=C/c1ccccc1OC(F)F)C1CC1. The summed E-state index contributed by atoms with van der Waals surface area (Å²) in [6, 6.07) is 6.86. The zero-order chi connectivity index (χ0) is 15.4. The molecule has 1 amide bonds. The molecule has 0 radical (unpaired) electrons. The Balaban J connectivity index is 2.11. The zero-order valence-electron chi connectivity index (χ0n) is 12.1. The maximum atomic E-state index is 12.3. The Morgan fingerprint density at radius 3 is 2.57 bits per heavy atom. The summed E-state index contributed by atoms with van der Waals surface area (Å²) >= 11 is 0. The number of para-hydroxylation sites is 1. The molecule has 0 N–H and O–H groups in total. The molecule has 0 aromatic heterocycles. The van der Waals surface area contributed by atoms with Crippen LogP contribution in [-0.4, -0.2) is 29.5 Å². The van der Waals surface area contributed by atoms with Crippen LogP contribution in [0.3, 0.4) is 0 Å². The van der Waals surface area contributed by atoms with Gasteiger partial charge in [0, 0.05) is 23.7 Å². The van der Waals surface area contributed by atoms with E-state index in [0.717, 1.165) is 12.8 Å². The number of carbonyl (C=O) groups is 1. The smallest absolute Gasteiger partial charge is 0.387 e. The number of nitrogens with zero attached hydrogens (tertiary/aromatic N) is 1. The van der Waals surface area contributed by atoms with Crippen LogP contribution in [-0.2, 0) is 4.79 Å². The van der Waals surface area contributed by atoms with Gasteiger partial charge in [0.05, 0.1) is 0 Å². The minimum Gasteiger partial charge on any atom is -0.434 e. The Hall–Kier alpha value is -1.91. The van der Waals surface area contributed by atoms with Crippen molar-refractivity contribution in [3.63, 3.8) is 0 Å². The Labute approximate surface area is 123 Å². The lowest BCUT2D eigenvalue weighted by Crippen LogP contribution is -2.37. The van der Waals surface area contributed by atoms with E-state index in [-0.39, 0.29) is 17.7 Å². The van der Waals surface area contributed by atoms with Crippen LogP contribution in [0.1, 0.15) is 32.3 Å². The summed E-state index contributed by atoms with van der Waals surface area (Å²) in [6.07, 6.45) is 5.01. The van der Waals surface area contributed by atoms with Crippen LogP contribution in [0.5, 0.6) is 5.75 Å². The average Bonchev–Trinajstić information content (AvgIpc) is 3.21. The number of ether oxygens (including phenoxy) is 1. The Bertz CT molecular complexity index is 523. The van der Waals surface area contributed by atoms with Crippen molar-refractivity contribution in [1.29, 1.82) is 0 Å². The van der Waals surface area contributed by atoms with Gasteiger partial charge in [-0.3, -0.25) is 4.79 Å². The highest BCUT2D eigenvalue weighted by atomic mass is 19.3. The van der Waals surface area contributed by atoms with Gasteiger partial charge in [-0.05, 0) is 38.8 Å². The fourth-order valence-electron chi connectivity index (χ4n) is 2.28. The van der Waals surface area contributed by atoms with Crippen LogP contribution >= 0.6 is 0 Å². The van der Waals surface area contributed by atoms with Crippen molar-refractivity contribution in [3.05, 3.63) is 35.9 Å². The van der Waals surface area contributed by atoms with Gasteiger partial charge in [-0.1, -0.05) is 18.2 Å². The van der Waals surface area contributed by atoms with Crippen molar-refractivity contribution >= 4 is 12.0 Å². The zero-order valence-corrected chi connectivity index (χ0v) is 12.1. The fourth-order valence-corrected chi connectivity index (χ4v) is 2.28. The van der Waals surface area contributed by atoms with Gasteiger partial charge in [0.1, 0.15) is 5.75 Å². The van der Waals surface area contributed by atoms with E-state index >= 15 is 0 Å². The minimum absolute atomic E-state index is 0.0686. The van der Waals surface area contributed by atoms with Crippen LogP contribution in [0.2, 0.25) is 0 Å². The highest BCUT2D eigenvalue weighted by Gasteiger charge is 2.33. The molecule has 21 heavy (non-hydrogen) atoms. The standard InChI is InChI=1S/C16H19F2NO2/c1-11(2)19(13-8-9-13)15(20)10-7-12-5-3-4-6-14(12)21-16(17)18/h3-7,10-11,13,16H,8-9H2,1-2H3/b10-7+. The van der Waals surface area contributed by atoms with E-state index in [1.165, 1.54) is 18.2 Å².